The second-order valence-corrected chi connectivity index (χ2v) is 6.06. The molecule has 0 spiro atoms. The summed E-state index contributed by atoms with van der Waals surface area (Å²) in [6.45, 7) is 3.80. The number of pyridine rings is 1. The first-order valence-corrected chi connectivity index (χ1v) is 7.42. The Morgan fingerprint density at radius 2 is 2.14 bits per heavy atom. The van der Waals surface area contributed by atoms with Gasteiger partial charge in [-0.15, -0.1) is 0 Å². The second-order valence-electron chi connectivity index (χ2n) is 5.67. The van der Waals surface area contributed by atoms with Crippen LogP contribution in [-0.4, -0.2) is 27.8 Å². The third-order valence-electron chi connectivity index (χ3n) is 4.23. The Morgan fingerprint density at radius 3 is 2.86 bits per heavy atom. The summed E-state index contributed by atoms with van der Waals surface area (Å²) in [7, 11) is 1.51. The molecule has 2 aromatic heterocycles. The van der Waals surface area contributed by atoms with Gasteiger partial charge in [0, 0.05) is 11.8 Å². The molecule has 1 aliphatic rings. The fourth-order valence-corrected chi connectivity index (χ4v) is 3.20. The number of methoxy groups -OCH3 is 1. The van der Waals surface area contributed by atoms with Crippen LogP contribution in [0.15, 0.2) is 18.3 Å². The molecule has 22 heavy (non-hydrogen) atoms. The highest BCUT2D eigenvalue weighted by Gasteiger charge is 2.42. The maximum Gasteiger partial charge on any atom is 0.316 e. The Kier molecular flexibility index (Phi) is 3.60. The summed E-state index contributed by atoms with van der Waals surface area (Å²) >= 11 is 6.00. The molecule has 0 aliphatic heterocycles. The number of rotatable bonds is 2. The lowest BCUT2D eigenvalue weighted by atomic mass is 9.70. The minimum Gasteiger partial charge on any atom is -0.467 e. The van der Waals surface area contributed by atoms with Gasteiger partial charge in [-0.2, -0.15) is 4.98 Å². The van der Waals surface area contributed by atoms with E-state index in [0.29, 0.717) is 29.3 Å². The number of aromatic nitrogens is 3. The van der Waals surface area contributed by atoms with Crippen molar-refractivity contribution in [1.29, 1.82) is 0 Å². The van der Waals surface area contributed by atoms with Gasteiger partial charge < -0.3 is 4.74 Å². The van der Waals surface area contributed by atoms with Crippen molar-refractivity contribution in [2.45, 2.75) is 32.1 Å². The first kappa shape index (κ1) is 14.9. The zero-order valence-electron chi connectivity index (χ0n) is 12.7. The van der Waals surface area contributed by atoms with Crippen LogP contribution in [0.25, 0.3) is 0 Å². The molecule has 1 atom stereocenters. The molecule has 0 N–H and O–H groups in total. The number of nitrogens with zero attached hydrogens (tertiary/aromatic N) is 3. The second kappa shape index (κ2) is 5.32. The van der Waals surface area contributed by atoms with Gasteiger partial charge >= 0.3 is 6.01 Å². The number of halogens is 1. The summed E-state index contributed by atoms with van der Waals surface area (Å²) in [5, 5.41) is 0.427. The number of carbonyl (C=O) groups excluding carboxylic acids is 1. The van der Waals surface area contributed by atoms with Gasteiger partial charge in [-0.05, 0) is 44.4 Å². The summed E-state index contributed by atoms with van der Waals surface area (Å²) in [5.74, 6) is 0.0242. The third-order valence-corrected chi connectivity index (χ3v) is 4.43. The van der Waals surface area contributed by atoms with E-state index in [1.54, 1.807) is 18.3 Å². The van der Waals surface area contributed by atoms with Crippen LogP contribution in [0, 0.1) is 6.92 Å². The summed E-state index contributed by atoms with van der Waals surface area (Å²) in [4.78, 5) is 25.8. The number of aryl methyl sites for hydroxylation is 2. The largest absolute Gasteiger partial charge is 0.467 e. The van der Waals surface area contributed by atoms with E-state index in [9.17, 15) is 4.79 Å². The fraction of sp³-hybridized carbons (Fsp3) is 0.375. The average molecular weight is 318 g/mol. The van der Waals surface area contributed by atoms with Crippen molar-refractivity contribution in [1.82, 2.24) is 15.0 Å². The highest BCUT2D eigenvalue weighted by atomic mass is 35.5. The summed E-state index contributed by atoms with van der Waals surface area (Å²) in [6.07, 6.45) is 2.93. The van der Waals surface area contributed by atoms with E-state index in [-0.39, 0.29) is 11.8 Å². The highest BCUT2D eigenvalue weighted by Crippen LogP contribution is 2.38. The molecule has 0 fully saturated rings. The van der Waals surface area contributed by atoms with Crippen LogP contribution in [0.5, 0.6) is 6.01 Å². The van der Waals surface area contributed by atoms with Crippen molar-refractivity contribution < 1.29 is 9.53 Å². The molecular formula is C16H16ClN3O2. The first-order valence-electron chi connectivity index (χ1n) is 7.04. The third kappa shape index (κ3) is 2.25. The quantitative estimate of drug-likeness (QED) is 0.797. The standard InChI is InChI=1S/C16H16ClN3O2/c1-9-8-12(17)19-10-4-6-16(2,14(21)13(9)10)11-5-7-18-15(20-11)22-3/h5,7-8H,4,6H2,1-3H3. The number of ketones is 1. The molecule has 5 nitrogen and oxygen atoms in total. The Labute approximate surface area is 133 Å². The van der Waals surface area contributed by atoms with Gasteiger partial charge in [-0.1, -0.05) is 11.6 Å². The van der Waals surface area contributed by atoms with Crippen LogP contribution in [0.2, 0.25) is 5.15 Å². The number of fused-ring (bicyclic) bond motifs is 1. The number of carbonyl (C=O) groups is 1. The number of ether oxygens (including phenoxy) is 1. The molecule has 114 valence electrons. The van der Waals surface area contributed by atoms with Gasteiger partial charge in [0.15, 0.2) is 5.78 Å². The molecule has 0 saturated heterocycles. The van der Waals surface area contributed by atoms with E-state index < -0.39 is 5.41 Å². The van der Waals surface area contributed by atoms with E-state index in [0.717, 1.165) is 11.3 Å². The Hall–Kier alpha value is -2.01. The van der Waals surface area contributed by atoms with Crippen molar-refractivity contribution >= 4 is 17.4 Å². The van der Waals surface area contributed by atoms with E-state index in [1.165, 1.54) is 7.11 Å². The Balaban J connectivity index is 2.11. The topological polar surface area (TPSA) is 65.0 Å². The van der Waals surface area contributed by atoms with Crippen molar-refractivity contribution in [3.05, 3.63) is 46.0 Å². The monoisotopic (exact) mass is 317 g/mol. The van der Waals surface area contributed by atoms with Gasteiger partial charge in [-0.25, -0.2) is 9.97 Å². The predicted molar refractivity (Wildman–Crippen MR) is 82.6 cm³/mol. The molecule has 1 unspecified atom stereocenters. The first-order chi connectivity index (χ1) is 10.5. The molecule has 0 bridgehead atoms. The number of hydrogen-bond donors (Lipinski definition) is 0. The van der Waals surface area contributed by atoms with Crippen LogP contribution in [0.4, 0.5) is 0 Å². The molecule has 6 heteroatoms. The molecule has 0 radical (unpaired) electrons. The van der Waals surface area contributed by atoms with Gasteiger partial charge in [0.25, 0.3) is 0 Å². The number of Topliss-reactive ketones (excluding diaryl/α,β-unsaturated/α-hetero) is 1. The zero-order valence-corrected chi connectivity index (χ0v) is 13.4. The van der Waals surface area contributed by atoms with E-state index in [4.69, 9.17) is 16.3 Å². The van der Waals surface area contributed by atoms with Crippen LogP contribution in [0.1, 0.15) is 40.7 Å². The molecule has 2 heterocycles. The minimum absolute atomic E-state index is 0.0242. The lowest BCUT2D eigenvalue weighted by molar-refractivity contribution is 0.0869. The molecule has 0 saturated carbocycles. The summed E-state index contributed by atoms with van der Waals surface area (Å²) in [5.41, 5.74) is 2.25. The lowest BCUT2D eigenvalue weighted by Gasteiger charge is -2.33. The summed E-state index contributed by atoms with van der Waals surface area (Å²) in [6, 6.07) is 3.76. The highest BCUT2D eigenvalue weighted by molar-refractivity contribution is 6.29. The predicted octanol–water partition coefficient (Wildman–Crippen LogP) is 2.93. The lowest BCUT2D eigenvalue weighted by Crippen LogP contribution is -2.39. The maximum absolute atomic E-state index is 13.1. The molecule has 2 aromatic rings. The van der Waals surface area contributed by atoms with Crippen molar-refractivity contribution in [3.63, 3.8) is 0 Å². The zero-order chi connectivity index (χ0) is 15.9. The van der Waals surface area contributed by atoms with Gasteiger partial charge in [0.2, 0.25) is 0 Å². The fourth-order valence-electron chi connectivity index (χ4n) is 2.94. The van der Waals surface area contributed by atoms with Gasteiger partial charge in [0.1, 0.15) is 5.15 Å². The van der Waals surface area contributed by atoms with Crippen LogP contribution in [-0.2, 0) is 11.8 Å². The van der Waals surface area contributed by atoms with E-state index in [2.05, 4.69) is 15.0 Å². The minimum atomic E-state index is -0.705. The average Bonchev–Trinajstić information content (AvgIpc) is 2.50. The smallest absolute Gasteiger partial charge is 0.316 e. The van der Waals surface area contributed by atoms with Crippen LogP contribution in [0.3, 0.4) is 0 Å². The number of hydrogen-bond acceptors (Lipinski definition) is 5. The van der Waals surface area contributed by atoms with Crippen LogP contribution >= 0.6 is 11.6 Å². The van der Waals surface area contributed by atoms with Crippen molar-refractivity contribution in [3.8, 4) is 6.01 Å². The van der Waals surface area contributed by atoms with E-state index >= 15 is 0 Å². The molecule has 3 rings (SSSR count). The van der Waals surface area contributed by atoms with E-state index in [1.807, 2.05) is 13.8 Å². The van der Waals surface area contributed by atoms with Gasteiger partial charge in [0.05, 0.1) is 23.9 Å². The Bertz CT molecular complexity index is 763. The van der Waals surface area contributed by atoms with Crippen LogP contribution < -0.4 is 4.74 Å². The molecular weight excluding hydrogens is 302 g/mol. The molecule has 0 aromatic carbocycles. The maximum atomic E-state index is 13.1. The molecule has 0 amide bonds. The van der Waals surface area contributed by atoms with Gasteiger partial charge in [-0.3, -0.25) is 4.79 Å². The van der Waals surface area contributed by atoms with Crippen molar-refractivity contribution in [2.24, 2.45) is 0 Å². The SMILES string of the molecule is COc1nccc(C2(C)CCc3nc(Cl)cc(C)c3C2=O)n1. The Morgan fingerprint density at radius 1 is 1.36 bits per heavy atom. The van der Waals surface area contributed by atoms with Crippen molar-refractivity contribution in [2.75, 3.05) is 7.11 Å². The normalized spacial score (nSPS) is 20.6. The molecule has 1 aliphatic carbocycles. The summed E-state index contributed by atoms with van der Waals surface area (Å²) < 4.78 is 5.07.